The van der Waals surface area contributed by atoms with E-state index in [0.29, 0.717) is 66.0 Å². The number of carbonyl (C=O) groups excluding carboxylic acids is 2. The Morgan fingerprint density at radius 1 is 0.585 bits per heavy atom. The number of fused-ring (bicyclic) bond motifs is 6. The molecule has 5 heterocycles. The number of pyridine rings is 2. The zero-order valence-electron chi connectivity index (χ0n) is 58.4. The maximum atomic E-state index is 14.9. The van der Waals surface area contributed by atoms with E-state index >= 15 is 0 Å². The molecule has 0 unspecified atom stereocenters. The van der Waals surface area contributed by atoms with Crippen molar-refractivity contribution in [3.63, 3.8) is 0 Å². The minimum Gasteiger partial charge on any atom is -0.378 e. The topological polar surface area (TPSA) is 222 Å². The lowest BCUT2D eigenvalue weighted by molar-refractivity contribution is -0.120. The third-order valence-electron chi connectivity index (χ3n) is 18.2. The summed E-state index contributed by atoms with van der Waals surface area (Å²) in [7, 11) is -3.69. The Hall–Kier alpha value is -9.24. The number of sulfone groups is 2. The lowest BCUT2D eigenvalue weighted by Crippen LogP contribution is -2.20. The summed E-state index contributed by atoms with van der Waals surface area (Å²) in [6.45, 7) is 5.62. The number of aryl methyl sites for hydroxylation is 2. The largest absolute Gasteiger partial charge is 0.378 e. The molecule has 0 amide bonds. The Morgan fingerprint density at radius 3 is 1.47 bits per heavy atom. The van der Waals surface area contributed by atoms with Crippen molar-refractivity contribution in [1.29, 1.82) is 0 Å². The fraction of sp³-hybridized carbons (Fsp3) is 0.304. The van der Waals surface area contributed by atoms with Crippen molar-refractivity contribution >= 4 is 98.6 Å². The molecule has 0 bridgehead atoms. The summed E-state index contributed by atoms with van der Waals surface area (Å²) >= 11 is 19.8. The van der Waals surface area contributed by atoms with Crippen molar-refractivity contribution < 1.29 is 63.0 Å². The van der Waals surface area contributed by atoms with Crippen LogP contribution in [0.15, 0.2) is 127 Å². The van der Waals surface area contributed by atoms with E-state index in [9.17, 15) is 63.0 Å². The number of hydrogen-bond acceptors (Lipinski definition) is 13. The van der Waals surface area contributed by atoms with E-state index in [1.165, 1.54) is 30.7 Å². The SMILES string of the molecule is Cn1nc(CS(C)(=O)=O)c2c(Cl)ccc(-c3ccc(C#CC(C)(C)O)nc3[C@@H](CC(=O)Cc3ccc4ccccc4c3)Cc3cc(F)cc(F)c3)c21.Cn1nc(CS(C)(=O)=O)c2c(Cl)ccc(-c3ccc(C#CC(C)(C)O)nc3[C@@H](CC(=O)Cn3nc4c(c3Cl)[C@H]3C[C@H]3C4(F)F)Cc3cc(F)cc(F)c3)c21. The Balaban J connectivity index is 0.000000199. The van der Waals surface area contributed by atoms with Crippen molar-refractivity contribution in [2.75, 3.05) is 12.5 Å². The molecule has 2 aliphatic carbocycles. The standard InChI is InChI=1S/C41H36ClF2N3O4S.C38H33Cl2F4N5O4S/c1-41(2,49)16-15-32-11-12-34(35-13-14-36(42)38-37(24-52(4,50)51)46-47(3)40(35)38)39(45-32)29(18-26-19-30(43)23-31(44)20-26)22-33(48)21-25-9-10-27-7-5-6-8-28(27)17-25;1-37(2,51)10-9-23-5-6-25(26-7-8-29(39)32-30(18-54(4,52)53)46-48(3)34(26)32)33(45-23)20(11-19-12-21(41)15-22(42)13-19)14-24(50)17-49-36(40)31-27-16-28(27)38(43,44)35(31)47-49/h5-14,17,19-20,23,29,49H,18,21-22,24H2,1-4H3;5-8,12-13,15,20,27-28,51H,11,14,16-18H2,1-4H3/t29-;20-,27+,28-/m11/s1. The van der Waals surface area contributed by atoms with Crippen LogP contribution in [0.4, 0.5) is 26.3 Å². The summed E-state index contributed by atoms with van der Waals surface area (Å²) in [5, 5.41) is 37.1. The van der Waals surface area contributed by atoms with E-state index in [1.54, 1.807) is 81.2 Å². The summed E-state index contributed by atoms with van der Waals surface area (Å²) in [4.78, 5) is 37.7. The van der Waals surface area contributed by atoms with Gasteiger partial charge in [-0.2, -0.15) is 24.1 Å². The molecule has 106 heavy (non-hydrogen) atoms. The number of carbonyl (C=O) groups is 2. The Morgan fingerprint density at radius 2 is 1.03 bits per heavy atom. The number of halogens is 9. The Kier molecular flexibility index (Phi) is 21.3. The summed E-state index contributed by atoms with van der Waals surface area (Å²) in [5.74, 6) is 0.766. The molecule has 5 aromatic heterocycles. The lowest BCUT2D eigenvalue weighted by atomic mass is 9.85. The first-order chi connectivity index (χ1) is 49.7. The Labute approximate surface area is 622 Å². The number of aliphatic hydroxyl groups is 2. The zero-order valence-corrected chi connectivity index (χ0v) is 62.3. The van der Waals surface area contributed by atoms with Gasteiger partial charge in [0.25, 0.3) is 5.92 Å². The zero-order chi connectivity index (χ0) is 76.4. The van der Waals surface area contributed by atoms with E-state index in [0.717, 1.165) is 57.8 Å². The molecule has 548 valence electrons. The molecule has 2 N–H and O–H groups in total. The smallest absolute Gasteiger partial charge is 0.295 e. The predicted molar refractivity (Wildman–Crippen MR) is 396 cm³/mol. The van der Waals surface area contributed by atoms with E-state index < -0.39 is 102 Å². The van der Waals surface area contributed by atoms with E-state index in [2.05, 4.69) is 39.0 Å². The Bertz CT molecular complexity index is 5750. The lowest BCUT2D eigenvalue weighted by Gasteiger charge is -2.21. The molecule has 4 atom stereocenters. The summed E-state index contributed by atoms with van der Waals surface area (Å²) in [6, 6.07) is 33.4. The summed E-state index contributed by atoms with van der Waals surface area (Å²) in [6.07, 6.45) is 2.23. The molecular weight excluding hydrogens is 1470 g/mol. The number of benzene rings is 6. The first-order valence-electron chi connectivity index (χ1n) is 33.5. The van der Waals surface area contributed by atoms with Gasteiger partial charge in [0.2, 0.25) is 0 Å². The molecule has 0 spiro atoms. The van der Waals surface area contributed by atoms with Gasteiger partial charge < -0.3 is 10.2 Å². The fourth-order valence-electron chi connectivity index (χ4n) is 13.9. The maximum absolute atomic E-state index is 14.9. The minimum atomic E-state index is -3.53. The first kappa shape index (κ1) is 76.4. The van der Waals surface area contributed by atoms with Crippen molar-refractivity contribution in [1.82, 2.24) is 39.3 Å². The normalized spacial score (nSPS) is 15.3. The molecule has 11 aromatic rings. The van der Waals surface area contributed by atoms with Crippen LogP contribution in [0.5, 0.6) is 0 Å². The quantitative estimate of drug-likeness (QED) is 0.0536. The molecule has 13 rings (SSSR count). The second-order valence-electron chi connectivity index (χ2n) is 28.3. The molecule has 2 aliphatic rings. The van der Waals surface area contributed by atoms with Crippen LogP contribution in [-0.4, -0.2) is 102 Å². The highest BCUT2D eigenvalue weighted by Crippen LogP contribution is 2.68. The fourth-order valence-corrected chi connectivity index (χ4v) is 16.1. The van der Waals surface area contributed by atoms with Gasteiger partial charge in [-0.25, -0.2) is 49.0 Å². The third-order valence-corrected chi connectivity index (χ3v) is 20.8. The van der Waals surface area contributed by atoms with Gasteiger partial charge in [-0.05, 0) is 153 Å². The first-order valence-corrected chi connectivity index (χ1v) is 38.7. The van der Waals surface area contributed by atoms with Crippen LogP contribution in [0.1, 0.15) is 127 Å². The molecule has 1 fully saturated rings. The molecule has 1 saturated carbocycles. The van der Waals surface area contributed by atoms with Gasteiger partial charge in [0.05, 0.1) is 55.4 Å². The van der Waals surface area contributed by atoms with E-state index in [4.69, 9.17) is 44.8 Å². The van der Waals surface area contributed by atoms with E-state index in [1.807, 2.05) is 42.5 Å². The number of aromatic nitrogens is 8. The number of ketones is 2. The number of hydrogen-bond donors (Lipinski definition) is 2. The molecular formula is C79H69Cl3F6N8O8S2. The van der Waals surface area contributed by atoms with Crippen LogP contribution in [0.2, 0.25) is 15.2 Å². The van der Waals surface area contributed by atoms with Crippen molar-refractivity contribution in [2.45, 2.75) is 119 Å². The van der Waals surface area contributed by atoms with Crippen LogP contribution >= 0.6 is 34.8 Å². The summed E-state index contributed by atoms with van der Waals surface area (Å²) in [5.41, 5.74) is 3.34. The van der Waals surface area contributed by atoms with E-state index in [-0.39, 0.29) is 99.9 Å². The van der Waals surface area contributed by atoms with Gasteiger partial charge in [-0.15, -0.1) is 0 Å². The van der Waals surface area contributed by atoms with Gasteiger partial charge in [0.1, 0.15) is 69.0 Å². The predicted octanol–water partition coefficient (Wildman–Crippen LogP) is 15.2. The maximum Gasteiger partial charge on any atom is 0.295 e. The van der Waals surface area contributed by atoms with Gasteiger partial charge in [0.15, 0.2) is 25.5 Å². The second kappa shape index (κ2) is 29.5. The van der Waals surface area contributed by atoms with Crippen molar-refractivity contribution in [2.24, 2.45) is 20.0 Å². The number of nitrogens with zero attached hydrogens (tertiary/aromatic N) is 8. The summed E-state index contributed by atoms with van der Waals surface area (Å²) < 4.78 is 141. The number of alkyl halides is 2. The minimum absolute atomic E-state index is 0.0286. The number of Topliss-reactive ketones (excluding diaryl/α,β-unsaturated/α-hetero) is 2. The van der Waals surface area contributed by atoms with Gasteiger partial charge >= 0.3 is 0 Å². The van der Waals surface area contributed by atoms with Gasteiger partial charge in [-0.3, -0.25) is 19.0 Å². The van der Waals surface area contributed by atoms with Gasteiger partial charge in [0, 0.05) is 114 Å². The van der Waals surface area contributed by atoms with Crippen molar-refractivity contribution in [3.8, 4) is 45.9 Å². The van der Waals surface area contributed by atoms with Crippen LogP contribution in [0, 0.1) is 52.9 Å². The molecule has 6 aromatic carbocycles. The molecule has 0 radical (unpaired) electrons. The molecule has 0 aliphatic heterocycles. The number of rotatable bonds is 20. The highest BCUT2D eigenvalue weighted by molar-refractivity contribution is 7.90. The monoisotopic (exact) mass is 1540 g/mol. The molecule has 27 heteroatoms. The second-order valence-corrected chi connectivity index (χ2v) is 33.7. The van der Waals surface area contributed by atoms with Crippen LogP contribution in [-0.2, 0) is 86.6 Å². The molecule has 16 nitrogen and oxygen atoms in total. The van der Waals surface area contributed by atoms with Crippen LogP contribution in [0.25, 0.3) is 54.8 Å². The average molecular weight is 1540 g/mol. The highest BCUT2D eigenvalue weighted by atomic mass is 35.5. The highest BCUT2D eigenvalue weighted by Gasteiger charge is 2.66. The average Bonchev–Trinajstić information content (AvgIpc) is 1.52. The van der Waals surface area contributed by atoms with Gasteiger partial charge in [-0.1, -0.05) is 101 Å². The van der Waals surface area contributed by atoms with Crippen LogP contribution < -0.4 is 0 Å². The van der Waals surface area contributed by atoms with Crippen LogP contribution in [0.3, 0.4) is 0 Å². The molecule has 0 saturated heterocycles. The van der Waals surface area contributed by atoms with Crippen molar-refractivity contribution in [3.05, 3.63) is 228 Å². The third kappa shape index (κ3) is 17.4.